The standard InChI is InChI=1S/C38H24Cl2O2S/c39-33-23-27(37(41)25-11-3-1-4-12-25)19-21-29(33)31-15-7-9-17-35(31)43-36-18-10-8-16-32(36)30-22-20-28(24-34(30)40)38(42)26-13-5-2-6-14-26/h1-24H. The predicted octanol–water partition coefficient (Wildman–Crippen LogP) is 10.9. The Hall–Kier alpha value is -4.41. The summed E-state index contributed by atoms with van der Waals surface area (Å²) in [5.41, 5.74) is 5.92. The predicted molar refractivity (Wildman–Crippen MR) is 178 cm³/mol. The minimum atomic E-state index is -0.0704. The number of carbonyl (C=O) groups is 2. The first-order chi connectivity index (χ1) is 21.0. The molecule has 6 rings (SSSR count). The van der Waals surface area contributed by atoms with E-state index in [1.165, 1.54) is 0 Å². The number of ketones is 2. The van der Waals surface area contributed by atoms with Crippen LogP contribution in [0.2, 0.25) is 10.0 Å². The Bertz CT molecular complexity index is 1810. The van der Waals surface area contributed by atoms with Crippen molar-refractivity contribution in [3.8, 4) is 22.3 Å². The molecule has 0 aliphatic heterocycles. The normalized spacial score (nSPS) is 10.8. The van der Waals surface area contributed by atoms with Gasteiger partial charge in [-0.1, -0.05) is 156 Å². The third-order valence-corrected chi connectivity index (χ3v) is 8.89. The molecule has 43 heavy (non-hydrogen) atoms. The van der Waals surface area contributed by atoms with Crippen molar-refractivity contribution in [2.75, 3.05) is 0 Å². The lowest BCUT2D eigenvalue weighted by atomic mass is 9.99. The molecule has 0 aliphatic carbocycles. The highest BCUT2D eigenvalue weighted by Gasteiger charge is 2.17. The average molecular weight is 616 g/mol. The zero-order valence-corrected chi connectivity index (χ0v) is 25.2. The monoisotopic (exact) mass is 614 g/mol. The molecule has 208 valence electrons. The van der Waals surface area contributed by atoms with Crippen LogP contribution in [0.25, 0.3) is 22.3 Å². The molecule has 0 aliphatic rings. The molecule has 0 unspecified atom stereocenters. The second-order valence-electron chi connectivity index (χ2n) is 9.87. The van der Waals surface area contributed by atoms with Crippen molar-refractivity contribution in [3.63, 3.8) is 0 Å². The van der Waals surface area contributed by atoms with Crippen LogP contribution in [0.15, 0.2) is 155 Å². The van der Waals surface area contributed by atoms with Gasteiger partial charge in [-0.25, -0.2) is 0 Å². The summed E-state index contributed by atoms with van der Waals surface area (Å²) in [6.07, 6.45) is 0. The Morgan fingerprint density at radius 3 is 1.16 bits per heavy atom. The molecule has 6 aromatic rings. The Balaban J connectivity index is 1.31. The summed E-state index contributed by atoms with van der Waals surface area (Å²) in [6.45, 7) is 0. The van der Waals surface area contributed by atoms with Crippen molar-refractivity contribution in [1.82, 2.24) is 0 Å². The van der Waals surface area contributed by atoms with Crippen LogP contribution < -0.4 is 0 Å². The number of hydrogen-bond acceptors (Lipinski definition) is 3. The van der Waals surface area contributed by atoms with E-state index in [2.05, 4.69) is 12.1 Å². The van der Waals surface area contributed by atoms with Crippen LogP contribution in [-0.2, 0) is 0 Å². The SMILES string of the molecule is O=C(c1ccccc1)c1ccc(-c2ccccc2Sc2ccccc2-c2ccc(C(=O)c3ccccc3)cc2Cl)c(Cl)c1. The Kier molecular flexibility index (Phi) is 8.57. The summed E-state index contributed by atoms with van der Waals surface area (Å²) in [4.78, 5) is 28.0. The molecule has 0 saturated heterocycles. The first kappa shape index (κ1) is 28.7. The molecular weight excluding hydrogens is 591 g/mol. The minimum Gasteiger partial charge on any atom is -0.289 e. The summed E-state index contributed by atoms with van der Waals surface area (Å²) < 4.78 is 0. The summed E-state index contributed by atoms with van der Waals surface area (Å²) >= 11 is 15.2. The second-order valence-corrected chi connectivity index (χ2v) is 11.8. The van der Waals surface area contributed by atoms with Gasteiger partial charge in [0.05, 0.1) is 0 Å². The van der Waals surface area contributed by atoms with Gasteiger partial charge in [-0.05, 0) is 35.4 Å². The lowest BCUT2D eigenvalue weighted by Crippen LogP contribution is -2.01. The van der Waals surface area contributed by atoms with Crippen LogP contribution in [0.3, 0.4) is 0 Å². The summed E-state index contributed by atoms with van der Waals surface area (Å²) in [5.74, 6) is -0.141. The minimum absolute atomic E-state index is 0.0704. The van der Waals surface area contributed by atoms with E-state index in [1.807, 2.05) is 97.1 Å². The third-order valence-electron chi connectivity index (χ3n) is 7.11. The molecule has 0 radical (unpaired) electrons. The molecule has 2 nitrogen and oxygen atoms in total. The van der Waals surface area contributed by atoms with E-state index in [-0.39, 0.29) is 11.6 Å². The molecule has 0 atom stereocenters. The fraction of sp³-hybridized carbons (Fsp3) is 0. The van der Waals surface area contributed by atoms with Gasteiger partial charge in [-0.15, -0.1) is 0 Å². The van der Waals surface area contributed by atoms with Gasteiger partial charge in [0.1, 0.15) is 0 Å². The Labute approximate surface area is 264 Å². The van der Waals surface area contributed by atoms with Gasteiger partial charge in [-0.3, -0.25) is 9.59 Å². The van der Waals surface area contributed by atoms with Crippen molar-refractivity contribution in [3.05, 3.63) is 178 Å². The molecule has 0 aromatic heterocycles. The quantitative estimate of drug-likeness (QED) is 0.160. The third kappa shape index (κ3) is 6.21. The van der Waals surface area contributed by atoms with Gasteiger partial charge in [0.2, 0.25) is 0 Å². The molecule has 0 bridgehead atoms. The number of hydrogen-bond donors (Lipinski definition) is 0. The highest BCUT2D eigenvalue weighted by atomic mass is 35.5. The van der Waals surface area contributed by atoms with Crippen LogP contribution >= 0.6 is 35.0 Å². The largest absolute Gasteiger partial charge is 0.289 e. The molecule has 0 heterocycles. The highest BCUT2D eigenvalue weighted by molar-refractivity contribution is 7.99. The maximum Gasteiger partial charge on any atom is 0.193 e. The molecule has 0 saturated carbocycles. The molecule has 0 fully saturated rings. The fourth-order valence-corrected chi connectivity index (χ4v) is 6.61. The van der Waals surface area contributed by atoms with E-state index in [1.54, 1.807) is 48.2 Å². The van der Waals surface area contributed by atoms with E-state index in [0.29, 0.717) is 32.3 Å². The number of halogens is 2. The maximum atomic E-state index is 13.0. The van der Waals surface area contributed by atoms with Gasteiger partial charge in [0, 0.05) is 53.2 Å². The van der Waals surface area contributed by atoms with Gasteiger partial charge in [0.25, 0.3) is 0 Å². The van der Waals surface area contributed by atoms with Gasteiger partial charge in [0.15, 0.2) is 11.6 Å². The van der Waals surface area contributed by atoms with Crippen LogP contribution in [0.4, 0.5) is 0 Å². The van der Waals surface area contributed by atoms with E-state index < -0.39 is 0 Å². The van der Waals surface area contributed by atoms with E-state index in [9.17, 15) is 9.59 Å². The Morgan fingerprint density at radius 2 is 0.767 bits per heavy atom. The highest BCUT2D eigenvalue weighted by Crippen LogP contribution is 2.43. The molecular formula is C38H24Cl2O2S. The van der Waals surface area contributed by atoms with Crippen molar-refractivity contribution in [2.45, 2.75) is 9.79 Å². The number of rotatable bonds is 8. The molecule has 0 amide bonds. The maximum absolute atomic E-state index is 13.0. The average Bonchev–Trinajstić information content (AvgIpc) is 3.05. The molecule has 5 heteroatoms. The molecule has 0 N–H and O–H groups in total. The summed E-state index contributed by atoms with van der Waals surface area (Å²) in [5, 5.41) is 1.01. The zero-order chi connectivity index (χ0) is 29.8. The van der Waals surface area contributed by atoms with Gasteiger partial charge < -0.3 is 0 Å². The van der Waals surface area contributed by atoms with E-state index >= 15 is 0 Å². The van der Waals surface area contributed by atoms with Gasteiger partial charge in [-0.2, -0.15) is 0 Å². The smallest absolute Gasteiger partial charge is 0.193 e. The molecule has 0 spiro atoms. The second kappa shape index (κ2) is 12.8. The summed E-state index contributed by atoms with van der Waals surface area (Å²) in [7, 11) is 0. The van der Waals surface area contributed by atoms with Crippen LogP contribution in [-0.4, -0.2) is 11.6 Å². The first-order valence-electron chi connectivity index (χ1n) is 13.6. The van der Waals surface area contributed by atoms with E-state index in [0.717, 1.165) is 32.0 Å². The van der Waals surface area contributed by atoms with Crippen LogP contribution in [0.1, 0.15) is 31.8 Å². The van der Waals surface area contributed by atoms with Crippen molar-refractivity contribution < 1.29 is 9.59 Å². The topological polar surface area (TPSA) is 34.1 Å². The van der Waals surface area contributed by atoms with E-state index in [4.69, 9.17) is 23.2 Å². The van der Waals surface area contributed by atoms with Crippen LogP contribution in [0.5, 0.6) is 0 Å². The Morgan fingerprint density at radius 1 is 0.395 bits per heavy atom. The fourth-order valence-electron chi connectivity index (χ4n) is 4.94. The lowest BCUT2D eigenvalue weighted by molar-refractivity contribution is 0.103. The lowest BCUT2D eigenvalue weighted by Gasteiger charge is -2.15. The van der Waals surface area contributed by atoms with Crippen molar-refractivity contribution in [2.24, 2.45) is 0 Å². The number of benzene rings is 6. The van der Waals surface area contributed by atoms with Crippen molar-refractivity contribution >= 4 is 46.5 Å². The van der Waals surface area contributed by atoms with Crippen LogP contribution in [0, 0.1) is 0 Å². The van der Waals surface area contributed by atoms with Gasteiger partial charge >= 0.3 is 0 Å². The van der Waals surface area contributed by atoms with Crippen molar-refractivity contribution in [1.29, 1.82) is 0 Å². The zero-order valence-electron chi connectivity index (χ0n) is 22.8. The molecule has 6 aromatic carbocycles. The summed E-state index contributed by atoms with van der Waals surface area (Å²) in [6, 6.07) is 45.4. The number of carbonyl (C=O) groups excluding carboxylic acids is 2. The first-order valence-corrected chi connectivity index (χ1v) is 15.2.